The van der Waals surface area contributed by atoms with E-state index in [4.69, 9.17) is 9.84 Å². The summed E-state index contributed by atoms with van der Waals surface area (Å²) in [6.45, 7) is 0.0466. The average molecular weight is 315 g/mol. The largest absolute Gasteiger partial charge is 0.493 e. The SMILES string of the molecule is O=C(O)CCOc1ccc(C(=O)c2ccc([N+](=O)[O-])cc2)cc1. The van der Waals surface area contributed by atoms with Gasteiger partial charge in [0.2, 0.25) is 0 Å². The second-order valence-corrected chi connectivity index (χ2v) is 4.65. The Balaban J connectivity index is 2.04. The summed E-state index contributed by atoms with van der Waals surface area (Å²) in [5, 5.41) is 19.1. The lowest BCUT2D eigenvalue weighted by atomic mass is 10.0. The highest BCUT2D eigenvalue weighted by atomic mass is 16.6. The van der Waals surface area contributed by atoms with Crippen LogP contribution in [0.5, 0.6) is 5.75 Å². The third-order valence-corrected chi connectivity index (χ3v) is 3.04. The number of ketones is 1. The number of carboxylic acids is 1. The average Bonchev–Trinajstić information content (AvgIpc) is 2.54. The molecule has 2 aromatic carbocycles. The van der Waals surface area contributed by atoms with Crippen molar-refractivity contribution in [3.63, 3.8) is 0 Å². The zero-order chi connectivity index (χ0) is 16.8. The Hall–Kier alpha value is -3.22. The van der Waals surface area contributed by atoms with Crippen LogP contribution < -0.4 is 4.74 Å². The van der Waals surface area contributed by atoms with E-state index in [1.54, 1.807) is 24.3 Å². The molecule has 0 aliphatic carbocycles. The van der Waals surface area contributed by atoms with Gasteiger partial charge in [-0.3, -0.25) is 19.7 Å². The molecule has 7 nitrogen and oxygen atoms in total. The molecule has 0 unspecified atom stereocenters. The number of carbonyl (C=O) groups is 2. The smallest absolute Gasteiger partial charge is 0.306 e. The monoisotopic (exact) mass is 315 g/mol. The van der Waals surface area contributed by atoms with Gasteiger partial charge in [0.05, 0.1) is 18.0 Å². The topological polar surface area (TPSA) is 107 Å². The molecule has 0 aromatic heterocycles. The van der Waals surface area contributed by atoms with Crippen molar-refractivity contribution < 1.29 is 24.4 Å². The summed E-state index contributed by atoms with van der Waals surface area (Å²) in [6.07, 6.45) is -0.108. The number of benzene rings is 2. The Morgan fingerprint density at radius 2 is 1.52 bits per heavy atom. The maximum atomic E-state index is 12.3. The van der Waals surface area contributed by atoms with Crippen molar-refractivity contribution in [1.82, 2.24) is 0 Å². The third kappa shape index (κ3) is 4.37. The van der Waals surface area contributed by atoms with Gasteiger partial charge in [0.15, 0.2) is 5.78 Å². The molecule has 0 aliphatic rings. The van der Waals surface area contributed by atoms with Crippen LogP contribution in [-0.2, 0) is 4.79 Å². The molecular formula is C16H13NO6. The van der Waals surface area contributed by atoms with Crippen LogP contribution in [0.3, 0.4) is 0 Å². The maximum Gasteiger partial charge on any atom is 0.306 e. The van der Waals surface area contributed by atoms with E-state index in [1.807, 2.05) is 0 Å². The van der Waals surface area contributed by atoms with Crippen molar-refractivity contribution >= 4 is 17.4 Å². The molecule has 0 saturated carbocycles. The zero-order valence-electron chi connectivity index (χ0n) is 12.0. The van der Waals surface area contributed by atoms with E-state index in [-0.39, 0.29) is 24.5 Å². The highest BCUT2D eigenvalue weighted by molar-refractivity contribution is 6.09. The summed E-state index contributed by atoms with van der Waals surface area (Å²) in [7, 11) is 0. The van der Waals surface area contributed by atoms with Gasteiger partial charge >= 0.3 is 5.97 Å². The molecule has 0 aliphatic heterocycles. The Morgan fingerprint density at radius 1 is 1.00 bits per heavy atom. The fourth-order valence-corrected chi connectivity index (χ4v) is 1.86. The van der Waals surface area contributed by atoms with Gasteiger partial charge in [-0.15, -0.1) is 0 Å². The minimum atomic E-state index is -0.949. The number of carbonyl (C=O) groups excluding carboxylic acids is 1. The van der Waals surface area contributed by atoms with Gasteiger partial charge in [-0.1, -0.05) is 0 Å². The normalized spacial score (nSPS) is 10.1. The Bertz CT molecular complexity index is 721. The predicted octanol–water partition coefficient (Wildman–Crippen LogP) is 2.68. The lowest BCUT2D eigenvalue weighted by molar-refractivity contribution is -0.384. The van der Waals surface area contributed by atoms with Crippen LogP contribution in [0, 0.1) is 10.1 Å². The first kappa shape index (κ1) is 16.2. The Morgan fingerprint density at radius 3 is 2.00 bits per heavy atom. The molecule has 0 bridgehead atoms. The number of nitro groups is 1. The molecular weight excluding hydrogens is 302 g/mol. The van der Waals surface area contributed by atoms with Crippen molar-refractivity contribution in [1.29, 1.82) is 0 Å². The summed E-state index contributed by atoms with van der Waals surface area (Å²) >= 11 is 0. The van der Waals surface area contributed by atoms with Crippen molar-refractivity contribution in [2.24, 2.45) is 0 Å². The second kappa shape index (κ2) is 7.17. The molecule has 7 heteroatoms. The van der Waals surface area contributed by atoms with Crippen LogP contribution in [-0.4, -0.2) is 28.4 Å². The van der Waals surface area contributed by atoms with E-state index >= 15 is 0 Å². The van der Waals surface area contributed by atoms with Crippen LogP contribution in [0.2, 0.25) is 0 Å². The van der Waals surface area contributed by atoms with Gasteiger partial charge in [0.1, 0.15) is 5.75 Å². The summed E-state index contributed by atoms with van der Waals surface area (Å²) < 4.78 is 5.23. The molecule has 2 aromatic rings. The molecule has 0 heterocycles. The molecule has 23 heavy (non-hydrogen) atoms. The molecule has 0 spiro atoms. The van der Waals surface area contributed by atoms with Crippen molar-refractivity contribution in [3.05, 3.63) is 69.8 Å². The molecule has 0 saturated heterocycles. The molecule has 0 radical (unpaired) electrons. The van der Waals surface area contributed by atoms with Crippen LogP contribution in [0.15, 0.2) is 48.5 Å². The van der Waals surface area contributed by atoms with Gasteiger partial charge < -0.3 is 9.84 Å². The number of hydrogen-bond acceptors (Lipinski definition) is 5. The number of nitrogens with zero attached hydrogens (tertiary/aromatic N) is 1. The van der Waals surface area contributed by atoms with Gasteiger partial charge in [0, 0.05) is 23.3 Å². The van der Waals surface area contributed by atoms with Gasteiger partial charge in [-0.2, -0.15) is 0 Å². The summed E-state index contributed by atoms with van der Waals surface area (Å²) in [5.74, 6) is -0.751. The fraction of sp³-hybridized carbons (Fsp3) is 0.125. The Labute approximate surface area is 131 Å². The highest BCUT2D eigenvalue weighted by Crippen LogP contribution is 2.18. The van der Waals surface area contributed by atoms with E-state index in [0.717, 1.165) is 0 Å². The fourth-order valence-electron chi connectivity index (χ4n) is 1.86. The first-order chi connectivity index (χ1) is 11.0. The second-order valence-electron chi connectivity index (χ2n) is 4.65. The standard InChI is InChI=1S/C16H13NO6/c18-15(19)9-10-23-14-7-3-12(4-8-14)16(20)11-1-5-13(6-2-11)17(21)22/h1-8H,9-10H2,(H,18,19). The number of ether oxygens (including phenoxy) is 1. The lowest BCUT2D eigenvalue weighted by Gasteiger charge is -2.06. The van der Waals surface area contributed by atoms with Crippen LogP contribution in [0.25, 0.3) is 0 Å². The first-order valence-corrected chi connectivity index (χ1v) is 6.71. The minimum absolute atomic E-state index is 0.0466. The quantitative estimate of drug-likeness (QED) is 0.478. The van der Waals surface area contributed by atoms with Crippen LogP contribution >= 0.6 is 0 Å². The Kier molecular flexibility index (Phi) is 5.03. The van der Waals surface area contributed by atoms with Crippen LogP contribution in [0.4, 0.5) is 5.69 Å². The number of nitro benzene ring substituents is 1. The predicted molar refractivity (Wildman–Crippen MR) is 80.7 cm³/mol. The summed E-state index contributed by atoms with van der Waals surface area (Å²) in [5.41, 5.74) is 0.670. The van der Waals surface area contributed by atoms with E-state index in [0.29, 0.717) is 16.9 Å². The van der Waals surface area contributed by atoms with E-state index in [1.165, 1.54) is 24.3 Å². The molecule has 0 amide bonds. The van der Waals surface area contributed by atoms with E-state index in [9.17, 15) is 19.7 Å². The lowest BCUT2D eigenvalue weighted by Crippen LogP contribution is -2.05. The number of non-ortho nitro benzene ring substituents is 1. The molecule has 1 N–H and O–H groups in total. The number of aliphatic carboxylic acids is 1. The van der Waals surface area contributed by atoms with Gasteiger partial charge in [-0.25, -0.2) is 0 Å². The van der Waals surface area contributed by atoms with Crippen molar-refractivity contribution in [2.45, 2.75) is 6.42 Å². The van der Waals surface area contributed by atoms with E-state index < -0.39 is 10.9 Å². The first-order valence-electron chi connectivity index (χ1n) is 6.71. The molecule has 118 valence electrons. The zero-order valence-corrected chi connectivity index (χ0v) is 12.0. The minimum Gasteiger partial charge on any atom is -0.493 e. The molecule has 0 atom stereocenters. The highest BCUT2D eigenvalue weighted by Gasteiger charge is 2.11. The van der Waals surface area contributed by atoms with Crippen molar-refractivity contribution in [3.8, 4) is 5.75 Å². The van der Waals surface area contributed by atoms with Crippen molar-refractivity contribution in [2.75, 3.05) is 6.61 Å². The number of carboxylic acid groups (broad SMARTS) is 1. The van der Waals surface area contributed by atoms with Gasteiger partial charge in [0.25, 0.3) is 5.69 Å². The maximum absolute atomic E-state index is 12.3. The summed E-state index contributed by atoms with van der Waals surface area (Å²) in [6, 6.07) is 11.6. The summed E-state index contributed by atoms with van der Waals surface area (Å²) in [4.78, 5) is 32.7. The van der Waals surface area contributed by atoms with Gasteiger partial charge in [-0.05, 0) is 36.4 Å². The molecule has 2 rings (SSSR count). The molecule has 0 fully saturated rings. The van der Waals surface area contributed by atoms with E-state index in [2.05, 4.69) is 0 Å². The number of rotatable bonds is 7. The number of hydrogen-bond donors (Lipinski definition) is 1. The third-order valence-electron chi connectivity index (χ3n) is 3.04. The van der Waals surface area contributed by atoms with Crippen LogP contribution in [0.1, 0.15) is 22.3 Å².